The number of rotatable bonds is 10. The zero-order chi connectivity index (χ0) is 21.1. The highest BCUT2D eigenvalue weighted by molar-refractivity contribution is 14.0. The number of amides is 1. The highest BCUT2D eigenvalue weighted by Crippen LogP contribution is 2.19. The minimum Gasteiger partial charge on any atom is -0.496 e. The highest BCUT2D eigenvalue weighted by atomic mass is 127. The molecular formula is C22H31IN4O3. The monoisotopic (exact) mass is 526 g/mol. The van der Waals surface area contributed by atoms with Crippen molar-refractivity contribution in [1.82, 2.24) is 10.6 Å². The molecule has 8 heteroatoms. The summed E-state index contributed by atoms with van der Waals surface area (Å²) < 4.78 is 10.7. The van der Waals surface area contributed by atoms with Crippen molar-refractivity contribution in [1.29, 1.82) is 0 Å². The van der Waals surface area contributed by atoms with Crippen LogP contribution >= 0.6 is 24.0 Å². The Hall–Kier alpha value is -2.49. The van der Waals surface area contributed by atoms with Gasteiger partial charge >= 0.3 is 0 Å². The maximum atomic E-state index is 10.7. The van der Waals surface area contributed by atoms with Crippen LogP contribution in [0.4, 0.5) is 0 Å². The van der Waals surface area contributed by atoms with Gasteiger partial charge in [-0.3, -0.25) is 9.79 Å². The number of halogens is 1. The second-order valence-electron chi connectivity index (χ2n) is 6.64. The topological polar surface area (TPSA) is 98.0 Å². The van der Waals surface area contributed by atoms with Crippen molar-refractivity contribution in [2.75, 3.05) is 33.9 Å². The molecule has 7 nitrogen and oxygen atoms in total. The smallest absolute Gasteiger partial charge is 0.255 e. The van der Waals surface area contributed by atoms with Gasteiger partial charge in [-0.05, 0) is 49.1 Å². The van der Waals surface area contributed by atoms with E-state index in [9.17, 15) is 4.79 Å². The van der Waals surface area contributed by atoms with Gasteiger partial charge in [-0.25, -0.2) is 0 Å². The Morgan fingerprint density at radius 1 is 1.07 bits per heavy atom. The van der Waals surface area contributed by atoms with Gasteiger partial charge in [0, 0.05) is 20.1 Å². The summed E-state index contributed by atoms with van der Waals surface area (Å²) in [6, 6.07) is 13.8. The van der Waals surface area contributed by atoms with Crippen molar-refractivity contribution in [3.63, 3.8) is 0 Å². The Bertz CT molecular complexity index is 826. The van der Waals surface area contributed by atoms with Crippen LogP contribution in [0.3, 0.4) is 0 Å². The van der Waals surface area contributed by atoms with E-state index < -0.39 is 5.91 Å². The van der Waals surface area contributed by atoms with Crippen LogP contribution in [0.25, 0.3) is 0 Å². The summed E-state index contributed by atoms with van der Waals surface area (Å²) in [4.78, 5) is 15.0. The lowest BCUT2D eigenvalue weighted by Gasteiger charge is -2.14. The first kappa shape index (κ1) is 25.5. The fraction of sp³-hybridized carbons (Fsp3) is 0.364. The highest BCUT2D eigenvalue weighted by Gasteiger charge is 2.04. The molecule has 0 aromatic heterocycles. The van der Waals surface area contributed by atoms with Gasteiger partial charge in [0.05, 0.1) is 7.11 Å². The molecule has 0 atom stereocenters. The number of carbonyl (C=O) groups is 1. The fourth-order valence-corrected chi connectivity index (χ4v) is 2.87. The second kappa shape index (κ2) is 13.7. The molecule has 4 N–H and O–H groups in total. The number of carbonyl (C=O) groups excluding carboxylic acids is 1. The summed E-state index contributed by atoms with van der Waals surface area (Å²) in [7, 11) is 3.45. The first-order valence-electron chi connectivity index (χ1n) is 9.60. The average molecular weight is 526 g/mol. The molecule has 0 saturated carbocycles. The van der Waals surface area contributed by atoms with E-state index in [-0.39, 0.29) is 30.6 Å². The Morgan fingerprint density at radius 3 is 2.33 bits per heavy atom. The minimum absolute atomic E-state index is 0. The van der Waals surface area contributed by atoms with Gasteiger partial charge in [0.25, 0.3) is 5.91 Å². The predicted octanol–water partition coefficient (Wildman–Crippen LogP) is 2.44. The molecule has 0 radical (unpaired) electrons. The third kappa shape index (κ3) is 8.89. The summed E-state index contributed by atoms with van der Waals surface area (Å²) in [6.07, 6.45) is 1.68. The van der Waals surface area contributed by atoms with Crippen molar-refractivity contribution >= 4 is 35.8 Å². The van der Waals surface area contributed by atoms with Crippen molar-refractivity contribution < 1.29 is 14.3 Å². The van der Waals surface area contributed by atoms with E-state index >= 15 is 0 Å². The maximum absolute atomic E-state index is 10.7. The first-order valence-corrected chi connectivity index (χ1v) is 9.60. The molecule has 2 aromatic rings. The Balaban J connectivity index is 0.00000450. The van der Waals surface area contributed by atoms with E-state index in [0.29, 0.717) is 5.75 Å². The minimum atomic E-state index is -0.488. The van der Waals surface area contributed by atoms with Crippen LogP contribution in [0.5, 0.6) is 11.5 Å². The third-order valence-corrected chi connectivity index (χ3v) is 4.36. The number of aryl methyl sites for hydroxylation is 1. The van der Waals surface area contributed by atoms with Crippen LogP contribution in [-0.2, 0) is 17.6 Å². The van der Waals surface area contributed by atoms with E-state index in [1.807, 2.05) is 36.4 Å². The Labute approximate surface area is 195 Å². The molecule has 0 bridgehead atoms. The third-order valence-electron chi connectivity index (χ3n) is 4.36. The quantitative estimate of drug-likeness (QED) is 0.251. The molecule has 30 heavy (non-hydrogen) atoms. The number of nitrogens with two attached hydrogens (primary N) is 1. The van der Waals surface area contributed by atoms with Crippen molar-refractivity contribution in [2.45, 2.75) is 19.8 Å². The first-order chi connectivity index (χ1) is 14.0. The summed E-state index contributed by atoms with van der Waals surface area (Å²) in [6.45, 7) is 3.46. The van der Waals surface area contributed by atoms with E-state index in [0.717, 1.165) is 43.2 Å². The molecule has 0 fully saturated rings. The molecule has 0 aliphatic heterocycles. The molecular weight excluding hydrogens is 495 g/mol. The van der Waals surface area contributed by atoms with Gasteiger partial charge in [0.2, 0.25) is 0 Å². The summed E-state index contributed by atoms with van der Waals surface area (Å²) >= 11 is 0. The van der Waals surface area contributed by atoms with E-state index in [1.54, 1.807) is 14.2 Å². The Kier molecular flexibility index (Phi) is 11.7. The van der Waals surface area contributed by atoms with Gasteiger partial charge in [-0.15, -0.1) is 24.0 Å². The molecule has 0 unspecified atom stereocenters. The number of methoxy groups -OCH3 is 1. The van der Waals surface area contributed by atoms with Crippen molar-refractivity contribution in [3.8, 4) is 11.5 Å². The van der Waals surface area contributed by atoms with Crippen molar-refractivity contribution in [3.05, 3.63) is 59.2 Å². The van der Waals surface area contributed by atoms with E-state index in [2.05, 4.69) is 28.6 Å². The maximum Gasteiger partial charge on any atom is 0.255 e. The molecule has 0 heterocycles. The van der Waals surface area contributed by atoms with Gasteiger partial charge < -0.3 is 25.8 Å². The molecule has 0 spiro atoms. The lowest BCUT2D eigenvalue weighted by atomic mass is 10.1. The molecule has 1 amide bonds. The Morgan fingerprint density at radius 2 is 1.73 bits per heavy atom. The molecule has 2 rings (SSSR count). The largest absolute Gasteiger partial charge is 0.496 e. The SMILES string of the molecule is CN=C(NCCc1ccc(OCC(N)=O)cc1)NCCc1cc(C)ccc1OC.I. The van der Waals surface area contributed by atoms with Crippen LogP contribution in [0.1, 0.15) is 16.7 Å². The van der Waals surface area contributed by atoms with Gasteiger partial charge in [-0.2, -0.15) is 0 Å². The zero-order valence-electron chi connectivity index (χ0n) is 17.7. The number of nitrogens with zero attached hydrogens (tertiary/aromatic N) is 1. The van der Waals surface area contributed by atoms with Crippen LogP contribution in [0.15, 0.2) is 47.5 Å². The molecule has 0 aliphatic carbocycles. The van der Waals surface area contributed by atoms with Crippen LogP contribution in [0, 0.1) is 6.92 Å². The van der Waals surface area contributed by atoms with Crippen molar-refractivity contribution in [2.24, 2.45) is 10.7 Å². The number of nitrogens with one attached hydrogen (secondary N) is 2. The number of hydrogen-bond acceptors (Lipinski definition) is 4. The average Bonchev–Trinajstić information content (AvgIpc) is 2.72. The molecule has 0 saturated heterocycles. The van der Waals surface area contributed by atoms with Crippen LogP contribution in [-0.4, -0.2) is 45.7 Å². The molecule has 0 aliphatic rings. The summed E-state index contributed by atoms with van der Waals surface area (Å²) in [5, 5.41) is 6.65. The van der Waals surface area contributed by atoms with E-state index in [1.165, 1.54) is 11.1 Å². The number of hydrogen-bond donors (Lipinski definition) is 3. The van der Waals surface area contributed by atoms with Gasteiger partial charge in [0.1, 0.15) is 11.5 Å². The van der Waals surface area contributed by atoms with Crippen LogP contribution < -0.4 is 25.8 Å². The molecule has 164 valence electrons. The van der Waals surface area contributed by atoms with Gasteiger partial charge in [-0.1, -0.05) is 29.8 Å². The number of primary amides is 1. The lowest BCUT2D eigenvalue weighted by molar-refractivity contribution is -0.119. The summed E-state index contributed by atoms with van der Waals surface area (Å²) in [5.74, 6) is 1.81. The molecule has 2 aromatic carbocycles. The normalized spacial score (nSPS) is 10.7. The number of guanidine groups is 1. The number of aliphatic imine (C=N–C) groups is 1. The standard InChI is InChI=1S/C22H30N4O3.HI/c1-16-4-9-20(28-3)18(14-16)11-13-26-22(24-2)25-12-10-17-5-7-19(8-6-17)29-15-21(23)27;/h4-9,14H,10-13,15H2,1-3H3,(H2,23,27)(H2,24,25,26);1H. The number of benzene rings is 2. The summed E-state index contributed by atoms with van der Waals surface area (Å²) in [5.41, 5.74) is 8.62. The van der Waals surface area contributed by atoms with Crippen LogP contribution in [0.2, 0.25) is 0 Å². The zero-order valence-corrected chi connectivity index (χ0v) is 20.1. The van der Waals surface area contributed by atoms with Gasteiger partial charge in [0.15, 0.2) is 12.6 Å². The lowest BCUT2D eigenvalue weighted by Crippen LogP contribution is -2.39. The fourth-order valence-electron chi connectivity index (χ4n) is 2.87. The predicted molar refractivity (Wildman–Crippen MR) is 131 cm³/mol. The second-order valence-corrected chi connectivity index (χ2v) is 6.64. The van der Waals surface area contributed by atoms with E-state index in [4.69, 9.17) is 15.2 Å². The number of ether oxygens (including phenoxy) is 2.